The third-order valence-corrected chi connectivity index (χ3v) is 3.86. The predicted molar refractivity (Wildman–Crippen MR) is 88.2 cm³/mol. The van der Waals surface area contributed by atoms with Gasteiger partial charge >= 0.3 is 0 Å². The predicted octanol–water partition coefficient (Wildman–Crippen LogP) is 3.42. The van der Waals surface area contributed by atoms with Crippen LogP contribution in [0.2, 0.25) is 0 Å². The third-order valence-electron chi connectivity index (χ3n) is 3.86. The summed E-state index contributed by atoms with van der Waals surface area (Å²) in [7, 11) is 0. The summed E-state index contributed by atoms with van der Waals surface area (Å²) in [5, 5.41) is 28.5. The second kappa shape index (κ2) is 6.01. The van der Waals surface area contributed by atoms with E-state index in [-0.39, 0.29) is 23.0 Å². The van der Waals surface area contributed by atoms with Crippen LogP contribution < -0.4 is 0 Å². The van der Waals surface area contributed by atoms with Crippen LogP contribution in [0.5, 0.6) is 17.2 Å². The lowest BCUT2D eigenvalue weighted by atomic mass is 9.85. The van der Waals surface area contributed by atoms with E-state index in [1.54, 1.807) is 36.4 Å². The normalized spacial score (nSPS) is 16.0. The molecule has 0 unspecified atom stereocenters. The molecular formula is C19H16O4. The SMILES string of the molecule is O=C1CCc2cc(O)c(O)cc2C1=CC=Cc1ccc(O)cc1. The van der Waals surface area contributed by atoms with Crippen LogP contribution >= 0.6 is 0 Å². The number of aryl methyl sites for hydroxylation is 1. The van der Waals surface area contributed by atoms with Crippen LogP contribution in [0.15, 0.2) is 48.6 Å². The summed E-state index contributed by atoms with van der Waals surface area (Å²) in [6, 6.07) is 9.66. The van der Waals surface area contributed by atoms with Crippen molar-refractivity contribution in [2.45, 2.75) is 12.8 Å². The molecule has 0 heterocycles. The van der Waals surface area contributed by atoms with Crippen molar-refractivity contribution >= 4 is 17.4 Å². The number of phenolic OH excluding ortho intramolecular Hbond substituents is 3. The highest BCUT2D eigenvalue weighted by Gasteiger charge is 2.22. The van der Waals surface area contributed by atoms with Gasteiger partial charge in [0.05, 0.1) is 0 Å². The van der Waals surface area contributed by atoms with Crippen LogP contribution in [-0.4, -0.2) is 21.1 Å². The smallest absolute Gasteiger partial charge is 0.163 e. The zero-order valence-corrected chi connectivity index (χ0v) is 12.4. The maximum atomic E-state index is 12.2. The lowest BCUT2D eigenvalue weighted by Gasteiger charge is -2.18. The standard InChI is InChI=1S/C19H16O4/c20-14-7-4-12(5-8-14)2-1-3-15-16-11-19(23)18(22)10-13(16)6-9-17(15)21/h1-5,7-8,10-11,20,22-23H,6,9H2. The monoisotopic (exact) mass is 308 g/mol. The summed E-state index contributed by atoms with van der Waals surface area (Å²) < 4.78 is 0. The minimum Gasteiger partial charge on any atom is -0.508 e. The molecule has 4 heteroatoms. The zero-order valence-electron chi connectivity index (χ0n) is 12.4. The van der Waals surface area contributed by atoms with Gasteiger partial charge in [-0.1, -0.05) is 30.4 Å². The molecule has 3 N–H and O–H groups in total. The second-order valence-electron chi connectivity index (χ2n) is 5.45. The van der Waals surface area contributed by atoms with Gasteiger partial charge in [-0.15, -0.1) is 0 Å². The molecule has 0 atom stereocenters. The number of carbonyl (C=O) groups excluding carboxylic acids is 1. The number of rotatable bonds is 2. The Labute approximate surface area is 133 Å². The average molecular weight is 308 g/mol. The van der Waals surface area contributed by atoms with E-state index in [2.05, 4.69) is 0 Å². The van der Waals surface area contributed by atoms with Crippen molar-refractivity contribution in [2.75, 3.05) is 0 Å². The van der Waals surface area contributed by atoms with Gasteiger partial charge in [0.15, 0.2) is 17.3 Å². The molecule has 3 rings (SSSR count). The Morgan fingerprint density at radius 1 is 0.913 bits per heavy atom. The summed E-state index contributed by atoms with van der Waals surface area (Å²) in [5.41, 5.74) is 2.93. The fraction of sp³-hybridized carbons (Fsp3) is 0.105. The molecule has 4 nitrogen and oxygen atoms in total. The largest absolute Gasteiger partial charge is 0.508 e. The molecule has 0 saturated carbocycles. The zero-order chi connectivity index (χ0) is 16.4. The average Bonchev–Trinajstić information content (AvgIpc) is 2.53. The molecular weight excluding hydrogens is 292 g/mol. The molecule has 23 heavy (non-hydrogen) atoms. The number of allylic oxidation sites excluding steroid dienone is 3. The van der Waals surface area contributed by atoms with Crippen molar-refractivity contribution in [2.24, 2.45) is 0 Å². The van der Waals surface area contributed by atoms with Gasteiger partial charge in [0.25, 0.3) is 0 Å². The number of aromatic hydroxyl groups is 3. The van der Waals surface area contributed by atoms with E-state index in [9.17, 15) is 20.1 Å². The van der Waals surface area contributed by atoms with E-state index in [4.69, 9.17) is 0 Å². The molecule has 0 bridgehead atoms. The van der Waals surface area contributed by atoms with Gasteiger partial charge in [0, 0.05) is 12.0 Å². The number of ketones is 1. The quantitative estimate of drug-likeness (QED) is 0.587. The molecule has 0 aliphatic heterocycles. The van der Waals surface area contributed by atoms with Crippen molar-refractivity contribution < 1.29 is 20.1 Å². The van der Waals surface area contributed by atoms with Crippen molar-refractivity contribution in [3.8, 4) is 17.2 Å². The Bertz CT molecular complexity index is 814. The molecule has 2 aromatic carbocycles. The van der Waals surface area contributed by atoms with Crippen LogP contribution in [0.3, 0.4) is 0 Å². The van der Waals surface area contributed by atoms with Crippen LogP contribution in [-0.2, 0) is 11.2 Å². The highest BCUT2D eigenvalue weighted by atomic mass is 16.3. The summed E-state index contributed by atoms with van der Waals surface area (Å²) in [6.45, 7) is 0. The fourth-order valence-electron chi connectivity index (χ4n) is 2.63. The van der Waals surface area contributed by atoms with Gasteiger partial charge in [-0.25, -0.2) is 0 Å². The first-order valence-corrected chi connectivity index (χ1v) is 7.30. The summed E-state index contributed by atoms with van der Waals surface area (Å²) >= 11 is 0. The molecule has 0 aromatic heterocycles. The van der Waals surface area contributed by atoms with Gasteiger partial charge < -0.3 is 15.3 Å². The van der Waals surface area contributed by atoms with Gasteiger partial charge in [0.1, 0.15) is 5.75 Å². The molecule has 1 aliphatic rings. The number of phenols is 3. The van der Waals surface area contributed by atoms with Crippen LogP contribution in [0.4, 0.5) is 0 Å². The van der Waals surface area contributed by atoms with Crippen molar-refractivity contribution in [3.05, 3.63) is 65.2 Å². The highest BCUT2D eigenvalue weighted by Crippen LogP contribution is 2.36. The number of hydrogen-bond acceptors (Lipinski definition) is 4. The Morgan fingerprint density at radius 3 is 2.35 bits per heavy atom. The molecule has 0 fully saturated rings. The topological polar surface area (TPSA) is 77.8 Å². The number of benzene rings is 2. The number of hydrogen-bond donors (Lipinski definition) is 3. The van der Waals surface area contributed by atoms with E-state index < -0.39 is 0 Å². The Kier molecular flexibility index (Phi) is 3.89. The maximum Gasteiger partial charge on any atom is 0.163 e. The van der Waals surface area contributed by atoms with Crippen LogP contribution in [0.25, 0.3) is 11.6 Å². The number of Topliss-reactive ketones (excluding diaryl/α,β-unsaturated/α-hetero) is 1. The van der Waals surface area contributed by atoms with Gasteiger partial charge in [-0.05, 0) is 47.4 Å². The Balaban J connectivity index is 1.94. The first-order valence-electron chi connectivity index (χ1n) is 7.30. The molecule has 0 radical (unpaired) electrons. The minimum absolute atomic E-state index is 0.0120. The van der Waals surface area contributed by atoms with Crippen molar-refractivity contribution in [1.29, 1.82) is 0 Å². The van der Waals surface area contributed by atoms with Crippen LogP contribution in [0, 0.1) is 0 Å². The Hall–Kier alpha value is -3.01. The van der Waals surface area contributed by atoms with Gasteiger partial charge in [0.2, 0.25) is 0 Å². The fourth-order valence-corrected chi connectivity index (χ4v) is 2.63. The molecule has 1 aliphatic carbocycles. The molecule has 0 saturated heterocycles. The molecule has 0 spiro atoms. The highest BCUT2D eigenvalue weighted by molar-refractivity contribution is 6.22. The summed E-state index contributed by atoms with van der Waals surface area (Å²) in [6.07, 6.45) is 6.24. The molecule has 0 amide bonds. The van der Waals surface area contributed by atoms with Gasteiger partial charge in [-0.3, -0.25) is 4.79 Å². The van der Waals surface area contributed by atoms with Gasteiger partial charge in [-0.2, -0.15) is 0 Å². The first kappa shape index (κ1) is 14.9. The van der Waals surface area contributed by atoms with E-state index in [1.807, 2.05) is 6.08 Å². The maximum absolute atomic E-state index is 12.2. The lowest BCUT2D eigenvalue weighted by molar-refractivity contribution is -0.113. The van der Waals surface area contributed by atoms with E-state index >= 15 is 0 Å². The molecule has 116 valence electrons. The summed E-state index contributed by atoms with van der Waals surface area (Å²) in [4.78, 5) is 12.2. The van der Waals surface area contributed by atoms with E-state index in [0.29, 0.717) is 24.0 Å². The first-order chi connectivity index (χ1) is 11.0. The minimum atomic E-state index is -0.230. The Morgan fingerprint density at radius 2 is 1.61 bits per heavy atom. The third kappa shape index (κ3) is 3.11. The summed E-state index contributed by atoms with van der Waals surface area (Å²) in [5.74, 6) is -0.186. The van der Waals surface area contributed by atoms with Crippen molar-refractivity contribution in [1.82, 2.24) is 0 Å². The lowest BCUT2D eigenvalue weighted by Crippen LogP contribution is -2.12. The van der Waals surface area contributed by atoms with Crippen LogP contribution in [0.1, 0.15) is 23.1 Å². The van der Waals surface area contributed by atoms with Crippen molar-refractivity contribution in [3.63, 3.8) is 0 Å². The number of fused-ring (bicyclic) bond motifs is 1. The second-order valence-corrected chi connectivity index (χ2v) is 5.45. The van der Waals surface area contributed by atoms with E-state index in [1.165, 1.54) is 12.1 Å². The number of carbonyl (C=O) groups is 1. The molecule has 2 aromatic rings. The van der Waals surface area contributed by atoms with E-state index in [0.717, 1.165) is 11.1 Å².